The summed E-state index contributed by atoms with van der Waals surface area (Å²) in [6.07, 6.45) is -0.954. The minimum absolute atomic E-state index is 0.365. The molecule has 10 nitrogen and oxygen atoms in total. The highest BCUT2D eigenvalue weighted by atomic mass is 28.3. The highest BCUT2D eigenvalue weighted by Gasteiger charge is 2.10. The number of rotatable bonds is 6. The third-order valence-electron chi connectivity index (χ3n) is 0.632. The van der Waals surface area contributed by atoms with Crippen LogP contribution in [-0.4, -0.2) is 62.6 Å². The molecule has 0 aliphatic rings. The fourth-order valence-corrected chi connectivity index (χ4v) is 0.385. The van der Waals surface area contributed by atoms with Gasteiger partial charge in [-0.05, 0) is 0 Å². The van der Waals surface area contributed by atoms with E-state index in [2.05, 4.69) is 14.2 Å². The number of aliphatic hydroxyl groups is 3. The van der Waals surface area contributed by atoms with Crippen LogP contribution in [-0.2, 0) is 23.1 Å². The Kier molecular flexibility index (Phi) is 12.3. The van der Waals surface area contributed by atoms with Crippen molar-refractivity contribution < 1.29 is 48.0 Å². The number of hydrogen-bond donors (Lipinski definition) is 5. The van der Waals surface area contributed by atoms with Gasteiger partial charge in [0.05, 0.1) is 13.2 Å². The smallest absolute Gasteiger partial charge is 0.510 e. The Balaban J connectivity index is 0. The molecule has 0 radical (unpaired) electrons. The lowest BCUT2D eigenvalue weighted by Crippen LogP contribution is -2.15. The first-order valence-electron chi connectivity index (χ1n) is 3.30. The second kappa shape index (κ2) is 11.2. The molecular weight excluding hydrogens is 252 g/mol. The van der Waals surface area contributed by atoms with E-state index in [9.17, 15) is 8.92 Å². The lowest BCUT2D eigenvalue weighted by atomic mass is 10.4. The predicted molar refractivity (Wildman–Crippen MR) is 40.8 cm³/mol. The van der Waals surface area contributed by atoms with Crippen molar-refractivity contribution in [3.05, 3.63) is 0 Å². The average molecular weight is 262 g/mol. The maximum Gasteiger partial charge on any atom is 0.801 e. The summed E-state index contributed by atoms with van der Waals surface area (Å²) in [5.74, 6) is 0. The van der Waals surface area contributed by atoms with E-state index in [4.69, 9.17) is 24.9 Å². The summed E-state index contributed by atoms with van der Waals surface area (Å²) in [6.45, 7) is -0.729. The maximum absolute atomic E-state index is 9.57. The lowest BCUT2D eigenvalue weighted by molar-refractivity contribution is -0.433. The summed E-state index contributed by atoms with van der Waals surface area (Å²) < 4.78 is 25.9. The van der Waals surface area contributed by atoms with Crippen molar-refractivity contribution in [2.45, 2.75) is 6.10 Å². The van der Waals surface area contributed by atoms with Gasteiger partial charge >= 0.3 is 18.3 Å². The van der Waals surface area contributed by atoms with Crippen LogP contribution in [0.2, 0.25) is 0 Å². The molecule has 15 heavy (non-hydrogen) atoms. The van der Waals surface area contributed by atoms with Gasteiger partial charge in [0.15, 0.2) is 0 Å². The van der Waals surface area contributed by atoms with Crippen molar-refractivity contribution in [1.82, 2.24) is 0 Å². The monoisotopic (exact) mass is 262 g/mol. The quantitative estimate of drug-likeness (QED) is 0.181. The second-order valence-corrected chi connectivity index (χ2v) is 3.18. The van der Waals surface area contributed by atoms with Gasteiger partial charge in [-0.3, -0.25) is 18.1 Å². The van der Waals surface area contributed by atoms with Crippen molar-refractivity contribution in [1.29, 1.82) is 0 Å². The molecule has 0 amide bonds. The lowest BCUT2D eigenvalue weighted by Gasteiger charge is -1.96. The highest BCUT2D eigenvalue weighted by molar-refractivity contribution is 6.24. The summed E-state index contributed by atoms with van der Waals surface area (Å²) in [5, 5.41) is 27.3. The molecule has 0 unspecified atom stereocenters. The molecule has 0 fully saturated rings. The molecular formula is C3H10O10Si2. The van der Waals surface area contributed by atoms with Gasteiger partial charge in [-0.25, -0.2) is 0 Å². The topological polar surface area (TPSA) is 163 Å². The van der Waals surface area contributed by atoms with E-state index in [0.29, 0.717) is 0 Å². The maximum atomic E-state index is 9.57. The summed E-state index contributed by atoms with van der Waals surface area (Å²) in [5.41, 5.74) is 0. The Morgan fingerprint density at radius 3 is 1.47 bits per heavy atom. The highest BCUT2D eigenvalue weighted by Crippen LogP contribution is 1.76. The zero-order valence-corrected chi connectivity index (χ0v) is 9.27. The van der Waals surface area contributed by atoms with Crippen LogP contribution in [0, 0.1) is 0 Å². The molecule has 90 valence electrons. The summed E-state index contributed by atoms with van der Waals surface area (Å²) in [7, 11) is -6.52. The summed E-state index contributed by atoms with van der Waals surface area (Å²) in [6, 6.07) is 0. The van der Waals surface area contributed by atoms with Crippen LogP contribution >= 0.6 is 0 Å². The van der Waals surface area contributed by atoms with Crippen LogP contribution in [0.4, 0.5) is 0 Å². The van der Waals surface area contributed by atoms with Gasteiger partial charge < -0.3 is 24.9 Å². The molecule has 5 N–H and O–H groups in total. The normalized spacial score (nSPS) is 8.80. The van der Waals surface area contributed by atoms with Crippen molar-refractivity contribution in [2.75, 3.05) is 13.2 Å². The molecule has 0 aliphatic carbocycles. The first-order valence-corrected chi connectivity index (χ1v) is 5.83. The van der Waals surface area contributed by atoms with E-state index in [1.54, 1.807) is 0 Å². The van der Waals surface area contributed by atoms with Gasteiger partial charge in [-0.15, -0.1) is 0 Å². The fourth-order valence-electron chi connectivity index (χ4n) is 0.133. The van der Waals surface area contributed by atoms with Crippen molar-refractivity contribution in [3.8, 4) is 0 Å². The van der Waals surface area contributed by atoms with Crippen LogP contribution in [0.1, 0.15) is 0 Å². The molecule has 0 saturated heterocycles. The third-order valence-corrected chi connectivity index (χ3v) is 1.05. The third kappa shape index (κ3) is 19.5. The van der Waals surface area contributed by atoms with Crippen LogP contribution in [0.5, 0.6) is 0 Å². The van der Waals surface area contributed by atoms with Crippen LogP contribution in [0.15, 0.2) is 0 Å². The van der Waals surface area contributed by atoms with E-state index in [0.717, 1.165) is 0 Å². The zero-order chi connectivity index (χ0) is 12.3. The molecule has 0 aromatic carbocycles. The SMILES string of the molecule is O=[Si](O)OOO[Si](=O)O.OCC(O)CO. The molecule has 0 atom stereocenters. The molecule has 0 bridgehead atoms. The Labute approximate surface area is 86.5 Å². The van der Waals surface area contributed by atoms with Gasteiger partial charge in [0.1, 0.15) is 6.10 Å². The van der Waals surface area contributed by atoms with Crippen molar-refractivity contribution >= 4 is 18.3 Å². The number of aliphatic hydroxyl groups excluding tert-OH is 3. The average Bonchev–Trinajstić information content (AvgIpc) is 2.16. The molecule has 0 saturated carbocycles. The van der Waals surface area contributed by atoms with Crippen molar-refractivity contribution in [3.63, 3.8) is 0 Å². The first kappa shape index (κ1) is 16.5. The molecule has 0 aliphatic heterocycles. The Morgan fingerprint density at radius 2 is 1.33 bits per heavy atom. The Bertz CT molecular complexity index is 166. The van der Waals surface area contributed by atoms with E-state index in [-0.39, 0.29) is 13.2 Å². The summed E-state index contributed by atoms with van der Waals surface area (Å²) >= 11 is 0. The molecule has 0 heterocycles. The Morgan fingerprint density at radius 1 is 1.00 bits per heavy atom. The van der Waals surface area contributed by atoms with Crippen LogP contribution in [0.3, 0.4) is 0 Å². The van der Waals surface area contributed by atoms with Crippen molar-refractivity contribution in [2.24, 2.45) is 0 Å². The van der Waals surface area contributed by atoms with Gasteiger partial charge in [-0.2, -0.15) is 0 Å². The van der Waals surface area contributed by atoms with E-state index in [1.165, 1.54) is 0 Å². The van der Waals surface area contributed by atoms with Crippen LogP contribution < -0.4 is 0 Å². The molecule has 0 spiro atoms. The summed E-state index contributed by atoms with van der Waals surface area (Å²) in [4.78, 5) is 15.6. The molecule has 12 heteroatoms. The first-order chi connectivity index (χ1) is 6.93. The number of hydrogen-bond acceptors (Lipinski definition) is 8. The molecule has 0 aromatic rings. The van der Waals surface area contributed by atoms with E-state index < -0.39 is 24.4 Å². The second-order valence-electron chi connectivity index (χ2n) is 1.79. The molecule has 0 rings (SSSR count). The largest absolute Gasteiger partial charge is 0.801 e. The minimum Gasteiger partial charge on any atom is -0.510 e. The van der Waals surface area contributed by atoms with Crippen LogP contribution in [0.25, 0.3) is 0 Å². The standard InChI is InChI=1S/C3H8O3.H2O7Si2/c4-1-3(6)2-5;1-8(2)6-5-7-9(3)4/h3-6H,1-2H2;1,3H. The predicted octanol–water partition coefficient (Wildman–Crippen LogP) is -3.99. The molecule has 0 aromatic heterocycles. The Hall–Kier alpha value is -0.926. The van der Waals surface area contributed by atoms with E-state index in [1.807, 2.05) is 0 Å². The van der Waals surface area contributed by atoms with Gasteiger partial charge in [0, 0.05) is 5.04 Å². The van der Waals surface area contributed by atoms with Gasteiger partial charge in [0.25, 0.3) is 0 Å². The fraction of sp³-hybridized carbons (Fsp3) is 1.00. The van der Waals surface area contributed by atoms with E-state index >= 15 is 0 Å². The minimum atomic E-state index is -3.26. The van der Waals surface area contributed by atoms with Gasteiger partial charge in [-0.1, -0.05) is 0 Å². The zero-order valence-electron chi connectivity index (χ0n) is 7.27. The van der Waals surface area contributed by atoms with Gasteiger partial charge in [0.2, 0.25) is 0 Å².